The van der Waals surface area contributed by atoms with Crippen LogP contribution in [0, 0.1) is 0 Å². The van der Waals surface area contributed by atoms with Crippen LogP contribution in [0.3, 0.4) is 0 Å². The first kappa shape index (κ1) is 14.0. The average molecular weight is 351 g/mol. The van der Waals surface area contributed by atoms with Gasteiger partial charge >= 0.3 is 0 Å². The molecule has 0 bridgehead atoms. The molecule has 0 saturated heterocycles. The van der Waals surface area contributed by atoms with Crippen molar-refractivity contribution in [2.75, 3.05) is 18.1 Å². The summed E-state index contributed by atoms with van der Waals surface area (Å²) in [5, 5.41) is 17.1. The maximum absolute atomic E-state index is 8.95. The molecule has 1 aromatic carbocycles. The molecule has 7 nitrogen and oxygen atoms in total. The molecule has 0 aliphatic carbocycles. The first-order chi connectivity index (χ1) is 10.2. The molecule has 21 heavy (non-hydrogen) atoms. The fraction of sp³-hybridized carbons (Fsp3) is 0.308. The number of guanidine groups is 1. The lowest BCUT2D eigenvalue weighted by atomic mass is 10.2. The number of aliphatic hydroxyl groups is 1. The molecule has 3 rings (SSSR count). The van der Waals surface area contributed by atoms with E-state index < -0.39 is 0 Å². The van der Waals surface area contributed by atoms with Crippen molar-refractivity contribution in [1.29, 1.82) is 0 Å². The summed E-state index contributed by atoms with van der Waals surface area (Å²) in [7, 11) is 0. The maximum atomic E-state index is 8.95. The molecule has 0 spiro atoms. The van der Waals surface area contributed by atoms with Crippen LogP contribution in [0.1, 0.15) is 11.7 Å². The van der Waals surface area contributed by atoms with Crippen LogP contribution in [0.2, 0.25) is 0 Å². The molecule has 3 N–H and O–H groups in total. The van der Waals surface area contributed by atoms with Crippen molar-refractivity contribution in [3.63, 3.8) is 0 Å². The number of hydrogen-bond acceptors (Lipinski definition) is 6. The third-order valence-corrected chi connectivity index (χ3v) is 3.99. The third kappa shape index (κ3) is 2.64. The Morgan fingerprint density at radius 2 is 2.19 bits per heavy atom. The Kier molecular flexibility index (Phi) is 3.89. The van der Waals surface area contributed by atoms with E-state index in [-0.39, 0.29) is 12.6 Å². The SMILES string of the molecule is NC1=NCC(c2cn(CCO)nn2)N1c1ccccc1Br. The van der Waals surface area contributed by atoms with Crippen LogP contribution in [0.15, 0.2) is 39.9 Å². The van der Waals surface area contributed by atoms with Gasteiger partial charge in [-0.3, -0.25) is 4.99 Å². The quantitative estimate of drug-likeness (QED) is 0.854. The molecule has 0 amide bonds. The van der Waals surface area contributed by atoms with Gasteiger partial charge in [-0.25, -0.2) is 4.68 Å². The summed E-state index contributed by atoms with van der Waals surface area (Å²) in [4.78, 5) is 6.26. The van der Waals surface area contributed by atoms with Crippen molar-refractivity contribution in [2.45, 2.75) is 12.6 Å². The topological polar surface area (TPSA) is 92.6 Å². The lowest BCUT2D eigenvalue weighted by Crippen LogP contribution is -2.36. The molecular weight excluding hydrogens is 336 g/mol. The number of aromatic nitrogens is 3. The highest BCUT2D eigenvalue weighted by molar-refractivity contribution is 9.10. The molecule has 110 valence electrons. The molecule has 1 unspecified atom stereocenters. The minimum Gasteiger partial charge on any atom is -0.394 e. The van der Waals surface area contributed by atoms with Gasteiger partial charge < -0.3 is 15.7 Å². The number of benzene rings is 1. The van der Waals surface area contributed by atoms with Crippen LogP contribution in [0.5, 0.6) is 0 Å². The molecule has 2 heterocycles. The molecule has 0 fully saturated rings. The largest absolute Gasteiger partial charge is 0.394 e. The minimum atomic E-state index is -0.0869. The molecular formula is C13H15BrN6O. The van der Waals surface area contributed by atoms with Crippen molar-refractivity contribution in [1.82, 2.24) is 15.0 Å². The lowest BCUT2D eigenvalue weighted by Gasteiger charge is -2.25. The second-order valence-electron chi connectivity index (χ2n) is 4.67. The number of aliphatic imine (C=N–C) groups is 1. The van der Waals surface area contributed by atoms with E-state index in [1.807, 2.05) is 35.4 Å². The van der Waals surface area contributed by atoms with E-state index >= 15 is 0 Å². The second kappa shape index (κ2) is 5.82. The Morgan fingerprint density at radius 1 is 1.38 bits per heavy atom. The number of nitrogens with zero attached hydrogens (tertiary/aromatic N) is 5. The molecule has 1 aliphatic heterocycles. The number of aliphatic hydroxyl groups excluding tert-OH is 1. The predicted octanol–water partition coefficient (Wildman–Crippen LogP) is 0.909. The highest BCUT2D eigenvalue weighted by atomic mass is 79.9. The first-order valence-electron chi connectivity index (χ1n) is 6.55. The summed E-state index contributed by atoms with van der Waals surface area (Å²) in [5.41, 5.74) is 7.76. The molecule has 1 aromatic heterocycles. The number of nitrogens with two attached hydrogens (primary N) is 1. The summed E-state index contributed by atoms with van der Waals surface area (Å²) in [6.45, 7) is 0.982. The zero-order chi connectivity index (χ0) is 14.8. The van der Waals surface area contributed by atoms with Crippen LogP contribution in [0.25, 0.3) is 0 Å². The standard InChI is InChI=1S/C13H15BrN6O/c14-9-3-1-2-4-11(9)20-12(7-16-13(20)15)10-8-19(5-6-21)18-17-10/h1-4,8,12,21H,5-7H2,(H2,15,16). The van der Waals surface area contributed by atoms with E-state index in [9.17, 15) is 0 Å². The number of anilines is 1. The van der Waals surface area contributed by atoms with Crippen molar-refractivity contribution < 1.29 is 5.11 Å². The van der Waals surface area contributed by atoms with Crippen molar-refractivity contribution in [3.05, 3.63) is 40.6 Å². The smallest absolute Gasteiger partial charge is 0.196 e. The lowest BCUT2D eigenvalue weighted by molar-refractivity contribution is 0.268. The van der Waals surface area contributed by atoms with Gasteiger partial charge in [0.1, 0.15) is 11.7 Å². The number of para-hydroxylation sites is 1. The number of halogens is 1. The van der Waals surface area contributed by atoms with E-state index in [4.69, 9.17) is 10.8 Å². The second-order valence-corrected chi connectivity index (χ2v) is 5.52. The predicted molar refractivity (Wildman–Crippen MR) is 83.0 cm³/mol. The Balaban J connectivity index is 1.93. The van der Waals surface area contributed by atoms with Crippen molar-refractivity contribution in [3.8, 4) is 0 Å². The normalized spacial score (nSPS) is 18.1. The fourth-order valence-electron chi connectivity index (χ4n) is 2.34. The van der Waals surface area contributed by atoms with E-state index in [2.05, 4.69) is 31.2 Å². The molecule has 1 atom stereocenters. The summed E-state index contributed by atoms with van der Waals surface area (Å²) in [5.74, 6) is 0.462. The summed E-state index contributed by atoms with van der Waals surface area (Å²) < 4.78 is 2.56. The Labute approximate surface area is 130 Å². The summed E-state index contributed by atoms with van der Waals surface area (Å²) >= 11 is 3.54. The molecule has 1 aliphatic rings. The Hall–Kier alpha value is -1.93. The molecule has 8 heteroatoms. The summed E-state index contributed by atoms with van der Waals surface area (Å²) in [6, 6.07) is 7.74. The van der Waals surface area contributed by atoms with E-state index in [1.54, 1.807) is 4.68 Å². The minimum absolute atomic E-state index is 0.0278. The first-order valence-corrected chi connectivity index (χ1v) is 7.34. The van der Waals surface area contributed by atoms with Gasteiger partial charge in [-0.2, -0.15) is 0 Å². The Morgan fingerprint density at radius 3 is 2.95 bits per heavy atom. The number of hydrogen-bond donors (Lipinski definition) is 2. The zero-order valence-electron chi connectivity index (χ0n) is 11.2. The van der Waals surface area contributed by atoms with Crippen LogP contribution in [0.4, 0.5) is 5.69 Å². The summed E-state index contributed by atoms with van der Waals surface area (Å²) in [6.07, 6.45) is 1.82. The van der Waals surface area contributed by atoms with Gasteiger partial charge in [0.2, 0.25) is 0 Å². The van der Waals surface area contributed by atoms with Crippen LogP contribution in [-0.2, 0) is 6.54 Å². The highest BCUT2D eigenvalue weighted by Gasteiger charge is 2.32. The molecule has 0 saturated carbocycles. The molecule has 2 aromatic rings. The van der Waals surface area contributed by atoms with Crippen molar-refractivity contribution >= 4 is 27.6 Å². The average Bonchev–Trinajstić information content (AvgIpc) is 3.07. The van der Waals surface area contributed by atoms with Gasteiger partial charge in [-0.1, -0.05) is 17.3 Å². The fourth-order valence-corrected chi connectivity index (χ4v) is 2.82. The van der Waals surface area contributed by atoms with Gasteiger partial charge in [0.25, 0.3) is 0 Å². The van der Waals surface area contributed by atoms with Crippen LogP contribution < -0.4 is 10.6 Å². The van der Waals surface area contributed by atoms with E-state index in [0.29, 0.717) is 19.0 Å². The van der Waals surface area contributed by atoms with E-state index in [0.717, 1.165) is 15.9 Å². The number of rotatable bonds is 4. The Bertz CT molecular complexity index is 670. The van der Waals surface area contributed by atoms with Gasteiger partial charge in [-0.15, -0.1) is 5.10 Å². The van der Waals surface area contributed by atoms with Crippen LogP contribution >= 0.6 is 15.9 Å². The molecule has 0 radical (unpaired) electrons. The van der Waals surface area contributed by atoms with Crippen molar-refractivity contribution in [2.24, 2.45) is 10.7 Å². The van der Waals surface area contributed by atoms with Crippen LogP contribution in [-0.4, -0.2) is 39.2 Å². The van der Waals surface area contributed by atoms with E-state index in [1.165, 1.54) is 0 Å². The maximum Gasteiger partial charge on any atom is 0.196 e. The monoisotopic (exact) mass is 350 g/mol. The van der Waals surface area contributed by atoms with Gasteiger partial charge in [0, 0.05) is 4.47 Å². The van der Waals surface area contributed by atoms with Gasteiger partial charge in [-0.05, 0) is 28.1 Å². The van der Waals surface area contributed by atoms with Gasteiger partial charge in [0.05, 0.1) is 31.6 Å². The third-order valence-electron chi connectivity index (χ3n) is 3.32. The highest BCUT2D eigenvalue weighted by Crippen LogP contribution is 2.34. The van der Waals surface area contributed by atoms with Gasteiger partial charge in [0.15, 0.2) is 5.96 Å². The zero-order valence-corrected chi connectivity index (χ0v) is 12.8.